The van der Waals surface area contributed by atoms with Crippen LogP contribution in [0.15, 0.2) is 78.9 Å². The number of amides is 2. The predicted octanol–water partition coefficient (Wildman–Crippen LogP) is 4.40. The predicted molar refractivity (Wildman–Crippen MR) is 150 cm³/mol. The maximum Gasteiger partial charge on any atom is 0.337 e. The van der Waals surface area contributed by atoms with Gasteiger partial charge in [0.1, 0.15) is 13.2 Å². The van der Waals surface area contributed by atoms with Crippen molar-refractivity contribution >= 4 is 23.5 Å². The van der Waals surface area contributed by atoms with Gasteiger partial charge in [-0.2, -0.15) is 0 Å². The summed E-state index contributed by atoms with van der Waals surface area (Å²) in [4.78, 5) is 41.0. The average Bonchev–Trinajstić information content (AvgIpc) is 2.94. The first-order valence-corrected chi connectivity index (χ1v) is 13.2. The van der Waals surface area contributed by atoms with Gasteiger partial charge in [0.2, 0.25) is 11.8 Å². The second-order valence-corrected chi connectivity index (χ2v) is 9.95. The normalized spacial score (nSPS) is 14.0. The molecule has 3 aromatic rings. The molecule has 0 radical (unpaired) electrons. The van der Waals surface area contributed by atoms with Gasteiger partial charge in [0.25, 0.3) is 0 Å². The third-order valence-corrected chi connectivity index (χ3v) is 6.94. The molecule has 0 unspecified atom stereocenters. The summed E-state index contributed by atoms with van der Waals surface area (Å²) in [5, 5.41) is 12.1. The molecule has 0 saturated carbocycles. The Balaban J connectivity index is 1.28. The zero-order valence-electron chi connectivity index (χ0n) is 22.4. The summed E-state index contributed by atoms with van der Waals surface area (Å²) in [7, 11) is 0. The van der Waals surface area contributed by atoms with Gasteiger partial charge in [0.15, 0.2) is 0 Å². The number of nitrogens with zero attached hydrogens (tertiary/aromatic N) is 2. The maximum atomic E-state index is 12.8. The molecule has 0 aromatic heterocycles. The highest BCUT2D eigenvalue weighted by atomic mass is 16.5. The number of carboxylic acids is 1. The van der Waals surface area contributed by atoms with Crippen LogP contribution in [0.1, 0.15) is 52.9 Å². The molecular weight excluding hydrogens is 494 g/mol. The molecule has 1 aliphatic rings. The van der Waals surface area contributed by atoms with E-state index < -0.39 is 11.9 Å². The second-order valence-electron chi connectivity index (χ2n) is 9.95. The number of carbonyl (C=O) groups excluding carboxylic acids is 2. The summed E-state index contributed by atoms with van der Waals surface area (Å²) >= 11 is 0. The maximum absolute atomic E-state index is 12.8. The van der Waals surface area contributed by atoms with Gasteiger partial charge in [-0.05, 0) is 34.7 Å². The Kier molecular flexibility index (Phi) is 9.46. The molecule has 4 rings (SSSR count). The first-order chi connectivity index (χ1) is 18.8. The number of hydrogen-bond acceptors (Lipinski definition) is 5. The van der Waals surface area contributed by atoms with Gasteiger partial charge < -0.3 is 20.1 Å². The van der Waals surface area contributed by atoms with Crippen molar-refractivity contribution in [2.24, 2.45) is 0 Å². The highest BCUT2D eigenvalue weighted by Gasteiger charge is 2.28. The Morgan fingerprint density at radius 2 is 1.41 bits per heavy atom. The number of nitrogens with one attached hydrogen (secondary N) is 1. The lowest BCUT2D eigenvalue weighted by Crippen LogP contribution is -2.50. The van der Waals surface area contributed by atoms with Crippen LogP contribution >= 0.6 is 0 Å². The fourth-order valence-corrected chi connectivity index (χ4v) is 4.83. The van der Waals surface area contributed by atoms with E-state index in [9.17, 15) is 19.5 Å². The molecule has 1 fully saturated rings. The molecule has 1 heterocycles. The third kappa shape index (κ3) is 7.31. The van der Waals surface area contributed by atoms with Gasteiger partial charge in [-0.3, -0.25) is 14.5 Å². The van der Waals surface area contributed by atoms with Crippen molar-refractivity contribution in [3.8, 4) is 0 Å². The van der Waals surface area contributed by atoms with E-state index in [0.717, 1.165) is 5.56 Å². The first kappa shape index (κ1) is 28.0. The quantitative estimate of drug-likeness (QED) is 0.404. The smallest absolute Gasteiger partial charge is 0.337 e. The second kappa shape index (κ2) is 13.2. The molecule has 3 aromatic carbocycles. The summed E-state index contributed by atoms with van der Waals surface area (Å²) < 4.78 is 5.39. The number of hydrogen-bond donors (Lipinski definition) is 2. The van der Waals surface area contributed by atoms with Crippen LogP contribution in [0.3, 0.4) is 0 Å². The van der Waals surface area contributed by atoms with Crippen LogP contribution in [0.25, 0.3) is 0 Å². The van der Waals surface area contributed by atoms with Crippen molar-refractivity contribution in [2.45, 2.75) is 25.8 Å². The van der Waals surface area contributed by atoms with Crippen LogP contribution in [0.2, 0.25) is 0 Å². The van der Waals surface area contributed by atoms with Crippen LogP contribution in [-0.2, 0) is 14.3 Å². The van der Waals surface area contributed by atoms with Gasteiger partial charge >= 0.3 is 5.97 Å². The third-order valence-electron chi connectivity index (χ3n) is 6.94. The van der Waals surface area contributed by atoms with Gasteiger partial charge in [-0.15, -0.1) is 0 Å². The zero-order chi connectivity index (χ0) is 27.8. The molecular formula is C31H35N3O5. The van der Waals surface area contributed by atoms with Crippen LogP contribution in [0.5, 0.6) is 0 Å². The molecule has 2 N–H and O–H groups in total. The highest BCUT2D eigenvalue weighted by Crippen LogP contribution is 2.29. The summed E-state index contributed by atoms with van der Waals surface area (Å²) in [6, 6.07) is 25.8. The highest BCUT2D eigenvalue weighted by molar-refractivity contribution is 6.01. The lowest BCUT2D eigenvalue weighted by Gasteiger charge is -2.39. The SMILES string of the molecule is CC(C)c1ccc(NC(=O)COCC(=O)N2CCN(C(c3ccccc3)c3ccccc3)CC2)c(C(=O)O)c1. The van der Waals surface area contributed by atoms with Crippen molar-refractivity contribution in [2.75, 3.05) is 44.7 Å². The van der Waals surface area contributed by atoms with E-state index in [1.807, 2.05) is 50.2 Å². The van der Waals surface area contributed by atoms with Gasteiger partial charge in [0.05, 0.1) is 17.3 Å². The Labute approximate surface area is 229 Å². The van der Waals surface area contributed by atoms with Crippen molar-refractivity contribution in [3.05, 3.63) is 101 Å². The number of ether oxygens (including phenoxy) is 1. The van der Waals surface area contributed by atoms with Crippen LogP contribution in [0.4, 0.5) is 5.69 Å². The Bertz CT molecular complexity index is 1230. The lowest BCUT2D eigenvalue weighted by molar-refractivity contribution is -0.139. The molecule has 0 bridgehead atoms. The Hall–Kier alpha value is -4.01. The monoisotopic (exact) mass is 529 g/mol. The van der Waals surface area contributed by atoms with Crippen LogP contribution in [-0.4, -0.2) is 72.1 Å². The summed E-state index contributed by atoms with van der Waals surface area (Å²) in [6.45, 7) is 5.93. The van der Waals surface area contributed by atoms with Gasteiger partial charge in [-0.1, -0.05) is 80.6 Å². The molecule has 2 amide bonds. The number of carbonyl (C=O) groups is 3. The minimum Gasteiger partial charge on any atom is -0.478 e. The van der Waals surface area contributed by atoms with Crippen molar-refractivity contribution in [3.63, 3.8) is 0 Å². The number of rotatable bonds is 10. The number of piperazine rings is 1. The molecule has 8 heteroatoms. The Morgan fingerprint density at radius 1 is 0.821 bits per heavy atom. The van der Waals surface area contributed by atoms with E-state index in [4.69, 9.17) is 4.74 Å². The summed E-state index contributed by atoms with van der Waals surface area (Å²) in [5.41, 5.74) is 3.51. The van der Waals surface area contributed by atoms with E-state index in [1.54, 1.807) is 23.1 Å². The van der Waals surface area contributed by atoms with E-state index in [2.05, 4.69) is 34.5 Å². The number of benzene rings is 3. The molecule has 0 spiro atoms. The molecule has 8 nitrogen and oxygen atoms in total. The molecule has 1 saturated heterocycles. The topological polar surface area (TPSA) is 99.2 Å². The fraction of sp³-hybridized carbons (Fsp3) is 0.323. The van der Waals surface area contributed by atoms with Crippen molar-refractivity contribution in [1.82, 2.24) is 9.80 Å². The molecule has 0 atom stereocenters. The van der Waals surface area contributed by atoms with E-state index in [1.165, 1.54) is 11.1 Å². The lowest BCUT2D eigenvalue weighted by atomic mass is 9.96. The minimum absolute atomic E-state index is 0.0211. The standard InChI is InChI=1S/C31H35N3O5/c1-22(2)25-13-14-27(26(19-25)31(37)38)32-28(35)20-39-21-29(36)33-15-17-34(18-16-33)30(23-9-5-3-6-10-23)24-11-7-4-8-12-24/h3-14,19,22,30H,15-18,20-21H2,1-2H3,(H,32,35)(H,37,38). The largest absolute Gasteiger partial charge is 0.478 e. The van der Waals surface area contributed by atoms with Crippen molar-refractivity contribution in [1.29, 1.82) is 0 Å². The zero-order valence-corrected chi connectivity index (χ0v) is 22.4. The van der Waals surface area contributed by atoms with Crippen molar-refractivity contribution < 1.29 is 24.2 Å². The average molecular weight is 530 g/mol. The molecule has 39 heavy (non-hydrogen) atoms. The fourth-order valence-electron chi connectivity index (χ4n) is 4.83. The van der Waals surface area contributed by atoms with Crippen LogP contribution < -0.4 is 5.32 Å². The number of anilines is 1. The first-order valence-electron chi connectivity index (χ1n) is 13.2. The Morgan fingerprint density at radius 3 is 1.95 bits per heavy atom. The van der Waals surface area contributed by atoms with Gasteiger partial charge in [-0.25, -0.2) is 4.79 Å². The van der Waals surface area contributed by atoms with Gasteiger partial charge in [0, 0.05) is 26.2 Å². The number of aromatic carboxylic acids is 1. The van der Waals surface area contributed by atoms with E-state index >= 15 is 0 Å². The van der Waals surface area contributed by atoms with Crippen LogP contribution in [0, 0.1) is 0 Å². The number of carboxylic acid groups (broad SMARTS) is 1. The molecule has 204 valence electrons. The molecule has 0 aliphatic carbocycles. The van der Waals surface area contributed by atoms with E-state index in [0.29, 0.717) is 26.2 Å². The summed E-state index contributed by atoms with van der Waals surface area (Å²) in [5.74, 6) is -1.65. The summed E-state index contributed by atoms with van der Waals surface area (Å²) in [6.07, 6.45) is 0. The minimum atomic E-state index is -1.12. The van der Waals surface area contributed by atoms with E-state index in [-0.39, 0.29) is 42.3 Å². The molecule has 1 aliphatic heterocycles.